The molecule has 2 aliphatic heterocycles. The summed E-state index contributed by atoms with van der Waals surface area (Å²) in [6.07, 6.45) is 3.31. The molecule has 0 aliphatic carbocycles. The molecule has 8 heteroatoms. The van der Waals surface area contributed by atoms with Gasteiger partial charge in [0.1, 0.15) is 12.2 Å². The van der Waals surface area contributed by atoms with Gasteiger partial charge in [0.2, 0.25) is 0 Å². The molecule has 2 aliphatic rings. The van der Waals surface area contributed by atoms with Crippen LogP contribution >= 0.6 is 0 Å². The average Bonchev–Trinajstić information content (AvgIpc) is 3.21. The zero-order chi connectivity index (χ0) is 18.3. The van der Waals surface area contributed by atoms with Crippen molar-refractivity contribution in [3.8, 4) is 0 Å². The van der Waals surface area contributed by atoms with Gasteiger partial charge in [-0.1, -0.05) is 0 Å². The SMILES string of the molecule is Cn1cnnc1C1CN(C(=O)c2ccc(F)c(F)c2)CC12CCOCC2. The summed E-state index contributed by atoms with van der Waals surface area (Å²) in [5.74, 6) is -1.39. The largest absolute Gasteiger partial charge is 0.381 e. The van der Waals surface area contributed by atoms with Crippen LogP contribution in [0.15, 0.2) is 24.5 Å². The maximum Gasteiger partial charge on any atom is 0.254 e. The first-order valence-corrected chi connectivity index (χ1v) is 8.66. The molecular weight excluding hydrogens is 342 g/mol. The van der Waals surface area contributed by atoms with E-state index in [0.717, 1.165) is 30.8 Å². The number of amides is 1. The number of nitrogens with zero attached hydrogens (tertiary/aromatic N) is 4. The van der Waals surface area contributed by atoms with E-state index in [9.17, 15) is 13.6 Å². The number of benzene rings is 1. The Morgan fingerprint density at radius 2 is 2.04 bits per heavy atom. The molecule has 3 heterocycles. The lowest BCUT2D eigenvalue weighted by Crippen LogP contribution is -2.37. The summed E-state index contributed by atoms with van der Waals surface area (Å²) in [7, 11) is 1.89. The molecule has 0 bridgehead atoms. The molecule has 0 saturated carbocycles. The van der Waals surface area contributed by atoms with Gasteiger partial charge >= 0.3 is 0 Å². The smallest absolute Gasteiger partial charge is 0.254 e. The van der Waals surface area contributed by atoms with Crippen molar-refractivity contribution in [2.24, 2.45) is 12.5 Å². The van der Waals surface area contributed by atoms with Crippen LogP contribution in [0.5, 0.6) is 0 Å². The van der Waals surface area contributed by atoms with Gasteiger partial charge in [0.15, 0.2) is 11.6 Å². The first-order chi connectivity index (χ1) is 12.5. The number of likely N-dealkylation sites (tertiary alicyclic amines) is 1. The molecule has 1 atom stereocenters. The fourth-order valence-corrected chi connectivity index (χ4v) is 4.18. The molecule has 0 radical (unpaired) electrons. The van der Waals surface area contributed by atoms with Gasteiger partial charge < -0.3 is 14.2 Å². The summed E-state index contributed by atoms with van der Waals surface area (Å²) in [5, 5.41) is 8.24. The molecule has 2 saturated heterocycles. The molecule has 2 fully saturated rings. The normalized spacial score (nSPS) is 22.1. The summed E-state index contributed by atoms with van der Waals surface area (Å²) in [6, 6.07) is 3.28. The van der Waals surface area contributed by atoms with E-state index >= 15 is 0 Å². The van der Waals surface area contributed by atoms with Crippen molar-refractivity contribution in [2.45, 2.75) is 18.8 Å². The summed E-state index contributed by atoms with van der Waals surface area (Å²) < 4.78 is 34.1. The molecule has 1 aromatic heterocycles. The maximum absolute atomic E-state index is 13.5. The fraction of sp³-hybridized carbons (Fsp3) is 0.500. The molecule has 2 aromatic rings. The molecule has 4 rings (SSSR count). The average molecular weight is 362 g/mol. The lowest BCUT2D eigenvalue weighted by atomic mass is 9.72. The van der Waals surface area contributed by atoms with Gasteiger partial charge in [-0.25, -0.2) is 8.78 Å². The Morgan fingerprint density at radius 3 is 2.69 bits per heavy atom. The van der Waals surface area contributed by atoms with E-state index < -0.39 is 11.6 Å². The van der Waals surface area contributed by atoms with Crippen LogP contribution in [0.3, 0.4) is 0 Å². The van der Waals surface area contributed by atoms with Gasteiger partial charge in [-0.3, -0.25) is 4.79 Å². The number of rotatable bonds is 2. The van der Waals surface area contributed by atoms with Crippen molar-refractivity contribution in [3.63, 3.8) is 0 Å². The van der Waals surface area contributed by atoms with E-state index in [4.69, 9.17) is 4.74 Å². The summed E-state index contributed by atoms with van der Waals surface area (Å²) in [4.78, 5) is 14.6. The van der Waals surface area contributed by atoms with Crippen molar-refractivity contribution >= 4 is 5.91 Å². The first kappa shape index (κ1) is 17.1. The molecule has 26 heavy (non-hydrogen) atoms. The van der Waals surface area contributed by atoms with E-state index in [1.807, 2.05) is 11.6 Å². The summed E-state index contributed by atoms with van der Waals surface area (Å²) in [6.45, 7) is 2.30. The molecule has 1 amide bonds. The Kier molecular flexibility index (Phi) is 4.22. The number of hydrogen-bond donors (Lipinski definition) is 0. The minimum Gasteiger partial charge on any atom is -0.381 e. The molecule has 1 spiro atoms. The number of aryl methyl sites for hydroxylation is 1. The molecular formula is C18H20F2N4O2. The number of hydrogen-bond acceptors (Lipinski definition) is 4. The van der Waals surface area contributed by atoms with Crippen molar-refractivity contribution < 1.29 is 18.3 Å². The molecule has 0 N–H and O–H groups in total. The van der Waals surface area contributed by atoms with Gasteiger partial charge in [-0.15, -0.1) is 10.2 Å². The minimum absolute atomic E-state index is 0.0353. The minimum atomic E-state index is -1.01. The van der Waals surface area contributed by atoms with Gasteiger partial charge in [-0.2, -0.15) is 0 Å². The number of ether oxygens (including phenoxy) is 1. The van der Waals surface area contributed by atoms with Crippen LogP contribution in [-0.2, 0) is 11.8 Å². The molecule has 6 nitrogen and oxygen atoms in total. The van der Waals surface area contributed by atoms with E-state index in [-0.39, 0.29) is 22.8 Å². The Labute approximate surface area is 149 Å². The predicted octanol–water partition coefficient (Wildman–Crippen LogP) is 2.13. The Bertz CT molecular complexity index is 832. The zero-order valence-electron chi connectivity index (χ0n) is 14.5. The number of aromatic nitrogens is 3. The molecule has 1 unspecified atom stereocenters. The fourth-order valence-electron chi connectivity index (χ4n) is 4.18. The second kappa shape index (κ2) is 6.42. The monoisotopic (exact) mass is 362 g/mol. The Balaban J connectivity index is 1.65. The Hall–Kier alpha value is -2.35. The third kappa shape index (κ3) is 2.78. The number of carbonyl (C=O) groups is 1. The van der Waals surface area contributed by atoms with Crippen molar-refractivity contribution in [3.05, 3.63) is 47.5 Å². The summed E-state index contributed by atoms with van der Waals surface area (Å²) in [5.41, 5.74) is 0.0255. The quantitative estimate of drug-likeness (QED) is 0.821. The predicted molar refractivity (Wildman–Crippen MR) is 88.5 cm³/mol. The lowest BCUT2D eigenvalue weighted by Gasteiger charge is -2.37. The zero-order valence-corrected chi connectivity index (χ0v) is 14.5. The van der Waals surface area contributed by atoms with Crippen molar-refractivity contribution in [2.75, 3.05) is 26.3 Å². The number of halogens is 2. The van der Waals surface area contributed by atoms with E-state index in [1.165, 1.54) is 6.07 Å². The highest BCUT2D eigenvalue weighted by Gasteiger charge is 2.51. The number of carbonyl (C=O) groups excluding carboxylic acids is 1. The summed E-state index contributed by atoms with van der Waals surface area (Å²) >= 11 is 0. The van der Waals surface area contributed by atoms with Crippen molar-refractivity contribution in [1.82, 2.24) is 19.7 Å². The second-order valence-corrected chi connectivity index (χ2v) is 7.14. The van der Waals surface area contributed by atoms with Crippen molar-refractivity contribution in [1.29, 1.82) is 0 Å². The Morgan fingerprint density at radius 1 is 1.27 bits per heavy atom. The van der Waals surface area contributed by atoms with Crippen LogP contribution < -0.4 is 0 Å². The van der Waals surface area contributed by atoms with Gasteiger partial charge in [0.25, 0.3) is 5.91 Å². The third-order valence-electron chi connectivity index (χ3n) is 5.65. The first-order valence-electron chi connectivity index (χ1n) is 8.66. The highest BCUT2D eigenvalue weighted by molar-refractivity contribution is 5.94. The van der Waals surface area contributed by atoms with Gasteiger partial charge in [-0.05, 0) is 31.0 Å². The lowest BCUT2D eigenvalue weighted by molar-refractivity contribution is 0.0108. The highest BCUT2D eigenvalue weighted by Crippen LogP contribution is 2.49. The standard InChI is InChI=1S/C18H20F2N4O2/c1-23-11-21-22-16(23)13-9-24(10-18(13)4-6-26-7-5-18)17(25)12-2-3-14(19)15(20)8-12/h2-3,8,11,13H,4-7,9-10H2,1H3. The van der Waals surface area contributed by atoms with Crippen LogP contribution in [0, 0.1) is 17.0 Å². The van der Waals surface area contributed by atoms with E-state index in [2.05, 4.69) is 10.2 Å². The van der Waals surface area contributed by atoms with Crippen LogP contribution in [0.4, 0.5) is 8.78 Å². The maximum atomic E-state index is 13.5. The van der Waals surface area contributed by atoms with Gasteiger partial charge in [0.05, 0.1) is 0 Å². The molecule has 1 aromatic carbocycles. The van der Waals surface area contributed by atoms with Crippen LogP contribution in [0.2, 0.25) is 0 Å². The van der Waals surface area contributed by atoms with Crippen LogP contribution in [0.25, 0.3) is 0 Å². The second-order valence-electron chi connectivity index (χ2n) is 7.14. The third-order valence-corrected chi connectivity index (χ3v) is 5.65. The van der Waals surface area contributed by atoms with Crippen LogP contribution in [0.1, 0.15) is 34.9 Å². The van der Waals surface area contributed by atoms with Crippen LogP contribution in [-0.4, -0.2) is 51.9 Å². The molecule has 138 valence electrons. The highest BCUT2D eigenvalue weighted by atomic mass is 19.2. The van der Waals surface area contributed by atoms with Gasteiger partial charge in [0, 0.05) is 50.2 Å². The van der Waals surface area contributed by atoms with E-state index in [0.29, 0.717) is 26.3 Å². The van der Waals surface area contributed by atoms with E-state index in [1.54, 1.807) is 11.2 Å². The topological polar surface area (TPSA) is 60.2 Å².